The van der Waals surface area contributed by atoms with Gasteiger partial charge in [-0.15, -0.1) is 0 Å². The highest BCUT2D eigenvalue weighted by molar-refractivity contribution is 5.77. The summed E-state index contributed by atoms with van der Waals surface area (Å²) in [6, 6.07) is 9.57. The van der Waals surface area contributed by atoms with E-state index in [0.717, 1.165) is 23.0 Å². The zero-order valence-corrected chi connectivity index (χ0v) is 17.5. The minimum Gasteiger partial charge on any atom is -0.341 e. The van der Waals surface area contributed by atoms with Gasteiger partial charge in [0.25, 0.3) is 5.56 Å². The van der Waals surface area contributed by atoms with Crippen LogP contribution in [0.1, 0.15) is 32.3 Å². The Kier molecular flexibility index (Phi) is 5.57. The van der Waals surface area contributed by atoms with Gasteiger partial charge in [0.05, 0.1) is 12.9 Å². The molecule has 158 valence electrons. The van der Waals surface area contributed by atoms with Crippen molar-refractivity contribution in [2.75, 3.05) is 13.1 Å². The zero-order chi connectivity index (χ0) is 21.3. The van der Waals surface area contributed by atoms with Gasteiger partial charge in [-0.2, -0.15) is 0 Å². The molecule has 0 aliphatic carbocycles. The van der Waals surface area contributed by atoms with Crippen molar-refractivity contribution in [3.05, 3.63) is 63.1 Å². The first-order valence-corrected chi connectivity index (χ1v) is 10.5. The van der Waals surface area contributed by atoms with Crippen molar-refractivity contribution in [1.82, 2.24) is 23.6 Å². The molecule has 0 atom stereocenters. The molecule has 1 amide bonds. The normalized spacial score (nSPS) is 14.2. The summed E-state index contributed by atoms with van der Waals surface area (Å²) in [5, 5.41) is 0. The van der Waals surface area contributed by atoms with Crippen molar-refractivity contribution < 1.29 is 4.79 Å². The van der Waals surface area contributed by atoms with Gasteiger partial charge in [0.15, 0.2) is 11.2 Å². The van der Waals surface area contributed by atoms with Gasteiger partial charge in [0, 0.05) is 19.6 Å². The van der Waals surface area contributed by atoms with Gasteiger partial charge in [0.1, 0.15) is 6.54 Å². The molecule has 3 aromatic rings. The van der Waals surface area contributed by atoms with E-state index >= 15 is 0 Å². The Morgan fingerprint density at radius 1 is 1.07 bits per heavy atom. The summed E-state index contributed by atoms with van der Waals surface area (Å²) in [7, 11) is 0. The van der Waals surface area contributed by atoms with E-state index in [9.17, 15) is 14.4 Å². The van der Waals surface area contributed by atoms with E-state index in [1.54, 1.807) is 15.8 Å². The number of carbonyl (C=O) groups excluding carboxylic acids is 1. The SMILES string of the molecule is CC(C)Cn1cnc2c1c(=O)n(CC(=O)N1CCCC1)c(=O)n2Cc1ccccc1. The molecule has 0 bridgehead atoms. The molecular formula is C22H27N5O3. The maximum Gasteiger partial charge on any atom is 0.333 e. The minimum absolute atomic E-state index is 0.188. The van der Waals surface area contributed by atoms with Gasteiger partial charge in [0.2, 0.25) is 5.91 Å². The van der Waals surface area contributed by atoms with Crippen molar-refractivity contribution in [2.45, 2.75) is 46.3 Å². The number of nitrogens with zero attached hydrogens (tertiary/aromatic N) is 5. The van der Waals surface area contributed by atoms with Crippen LogP contribution in [-0.2, 0) is 24.4 Å². The summed E-state index contributed by atoms with van der Waals surface area (Å²) in [4.78, 5) is 45.4. The van der Waals surface area contributed by atoms with E-state index in [4.69, 9.17) is 0 Å². The largest absolute Gasteiger partial charge is 0.341 e. The van der Waals surface area contributed by atoms with Crippen LogP contribution in [0, 0.1) is 5.92 Å². The van der Waals surface area contributed by atoms with E-state index < -0.39 is 11.2 Å². The fourth-order valence-electron chi connectivity index (χ4n) is 4.02. The van der Waals surface area contributed by atoms with Crippen LogP contribution >= 0.6 is 0 Å². The van der Waals surface area contributed by atoms with Gasteiger partial charge in [-0.1, -0.05) is 44.2 Å². The molecule has 8 heteroatoms. The van der Waals surface area contributed by atoms with E-state index in [0.29, 0.717) is 36.7 Å². The van der Waals surface area contributed by atoms with Crippen LogP contribution < -0.4 is 11.2 Å². The average Bonchev–Trinajstić information content (AvgIpc) is 3.39. The number of fused-ring (bicyclic) bond motifs is 1. The van der Waals surface area contributed by atoms with Crippen LogP contribution in [0.15, 0.2) is 46.2 Å². The van der Waals surface area contributed by atoms with Crippen LogP contribution in [0.2, 0.25) is 0 Å². The second-order valence-electron chi connectivity index (χ2n) is 8.30. The van der Waals surface area contributed by atoms with Crippen LogP contribution in [0.5, 0.6) is 0 Å². The van der Waals surface area contributed by atoms with Crippen molar-refractivity contribution in [1.29, 1.82) is 0 Å². The number of aromatic nitrogens is 4. The second-order valence-corrected chi connectivity index (χ2v) is 8.30. The number of rotatable bonds is 6. The molecule has 0 saturated carbocycles. The Labute approximate surface area is 174 Å². The van der Waals surface area contributed by atoms with Crippen molar-refractivity contribution >= 4 is 17.1 Å². The molecule has 3 heterocycles. The number of carbonyl (C=O) groups is 1. The average molecular weight is 409 g/mol. The molecule has 0 N–H and O–H groups in total. The Balaban J connectivity index is 1.85. The summed E-state index contributed by atoms with van der Waals surface area (Å²) in [5.74, 6) is 0.114. The zero-order valence-electron chi connectivity index (χ0n) is 17.5. The van der Waals surface area contributed by atoms with Crippen LogP contribution in [0.4, 0.5) is 0 Å². The summed E-state index contributed by atoms with van der Waals surface area (Å²) in [5.41, 5.74) is 0.701. The Bertz CT molecular complexity index is 1170. The number of imidazole rings is 1. The van der Waals surface area contributed by atoms with Crippen LogP contribution in [-0.4, -0.2) is 42.6 Å². The molecule has 1 aliphatic heterocycles. The highest BCUT2D eigenvalue weighted by Gasteiger charge is 2.23. The molecule has 4 rings (SSSR count). The molecule has 1 aromatic carbocycles. The number of amides is 1. The number of hydrogen-bond acceptors (Lipinski definition) is 4. The monoisotopic (exact) mass is 409 g/mol. The molecule has 1 fully saturated rings. The molecule has 30 heavy (non-hydrogen) atoms. The summed E-state index contributed by atoms with van der Waals surface area (Å²) >= 11 is 0. The first kappa shape index (κ1) is 20.1. The molecule has 1 aliphatic rings. The first-order valence-electron chi connectivity index (χ1n) is 10.5. The molecule has 0 radical (unpaired) electrons. The smallest absolute Gasteiger partial charge is 0.333 e. The minimum atomic E-state index is -0.501. The molecule has 2 aromatic heterocycles. The van der Waals surface area contributed by atoms with Crippen LogP contribution in [0.25, 0.3) is 11.2 Å². The van der Waals surface area contributed by atoms with Gasteiger partial charge in [-0.05, 0) is 24.3 Å². The van der Waals surface area contributed by atoms with Gasteiger partial charge < -0.3 is 9.47 Å². The fraction of sp³-hybridized carbons (Fsp3) is 0.455. The fourth-order valence-corrected chi connectivity index (χ4v) is 4.02. The predicted octanol–water partition coefficient (Wildman–Crippen LogP) is 1.69. The summed E-state index contributed by atoms with van der Waals surface area (Å²) in [6.07, 6.45) is 3.53. The lowest BCUT2D eigenvalue weighted by molar-refractivity contribution is -0.130. The molecule has 0 spiro atoms. The molecule has 1 saturated heterocycles. The van der Waals surface area contributed by atoms with Crippen LogP contribution in [0.3, 0.4) is 0 Å². The third-order valence-corrected chi connectivity index (χ3v) is 5.48. The first-order chi connectivity index (χ1) is 14.5. The highest BCUT2D eigenvalue weighted by atomic mass is 16.2. The lowest BCUT2D eigenvalue weighted by Gasteiger charge is -2.17. The lowest BCUT2D eigenvalue weighted by atomic mass is 10.2. The second kappa shape index (κ2) is 8.30. The topological polar surface area (TPSA) is 82.1 Å². The highest BCUT2D eigenvalue weighted by Crippen LogP contribution is 2.12. The van der Waals surface area contributed by atoms with Gasteiger partial charge in [-0.25, -0.2) is 14.3 Å². The van der Waals surface area contributed by atoms with Crippen molar-refractivity contribution in [2.24, 2.45) is 5.92 Å². The van der Waals surface area contributed by atoms with E-state index in [-0.39, 0.29) is 19.0 Å². The maximum absolute atomic E-state index is 13.3. The Morgan fingerprint density at radius 2 is 1.77 bits per heavy atom. The van der Waals surface area contributed by atoms with Gasteiger partial charge in [-0.3, -0.25) is 14.2 Å². The summed E-state index contributed by atoms with van der Waals surface area (Å²) < 4.78 is 4.37. The molecule has 8 nitrogen and oxygen atoms in total. The molecular weight excluding hydrogens is 382 g/mol. The predicted molar refractivity (Wildman–Crippen MR) is 114 cm³/mol. The number of likely N-dealkylation sites (tertiary alicyclic amines) is 1. The number of benzene rings is 1. The quantitative estimate of drug-likeness (QED) is 0.620. The lowest BCUT2D eigenvalue weighted by Crippen LogP contribution is -2.45. The van der Waals surface area contributed by atoms with E-state index in [1.807, 2.05) is 30.3 Å². The van der Waals surface area contributed by atoms with E-state index in [2.05, 4.69) is 18.8 Å². The van der Waals surface area contributed by atoms with Gasteiger partial charge >= 0.3 is 5.69 Å². The van der Waals surface area contributed by atoms with Crippen molar-refractivity contribution in [3.8, 4) is 0 Å². The van der Waals surface area contributed by atoms with Crippen molar-refractivity contribution in [3.63, 3.8) is 0 Å². The maximum atomic E-state index is 13.3. The number of hydrogen-bond donors (Lipinski definition) is 0. The third-order valence-electron chi connectivity index (χ3n) is 5.48. The summed E-state index contributed by atoms with van der Waals surface area (Å²) in [6.45, 7) is 6.12. The van der Waals surface area contributed by atoms with E-state index in [1.165, 1.54) is 4.57 Å². The Morgan fingerprint density at radius 3 is 2.43 bits per heavy atom. The third kappa shape index (κ3) is 3.81. The molecule has 0 unspecified atom stereocenters. The Hall–Kier alpha value is -3.16. The standard InChI is InChI=1S/C22H27N5O3/c1-16(2)12-25-15-23-20-19(25)21(29)27(14-18(28)24-10-6-7-11-24)22(30)26(20)13-17-8-4-3-5-9-17/h3-5,8-9,15-16H,6-7,10-14H2,1-2H3.